The molecule has 1 aliphatic heterocycles. The van der Waals surface area contributed by atoms with E-state index in [0.717, 1.165) is 18.4 Å². The Balaban J connectivity index is 1.84. The molecule has 2 N–H and O–H groups in total. The molecule has 0 spiro atoms. The Morgan fingerprint density at radius 2 is 1.90 bits per heavy atom. The number of rotatable bonds is 4. The Morgan fingerprint density at radius 1 is 1.33 bits per heavy atom. The largest absolute Gasteiger partial charge is 0.387 e. The first-order chi connectivity index (χ1) is 9.95. The van der Waals surface area contributed by atoms with Crippen LogP contribution in [0.5, 0.6) is 0 Å². The molecular formula is C16H22ClNO3. The maximum atomic E-state index is 12.2. The van der Waals surface area contributed by atoms with Crippen LogP contribution >= 0.6 is 11.6 Å². The summed E-state index contributed by atoms with van der Waals surface area (Å²) in [6, 6.07) is 6.98. The monoisotopic (exact) mass is 311 g/mol. The van der Waals surface area contributed by atoms with Crippen molar-refractivity contribution in [1.29, 1.82) is 0 Å². The quantitative estimate of drug-likeness (QED) is 0.899. The van der Waals surface area contributed by atoms with Crippen LogP contribution in [0.2, 0.25) is 5.02 Å². The predicted octanol–water partition coefficient (Wildman–Crippen LogP) is 2.69. The van der Waals surface area contributed by atoms with E-state index in [9.17, 15) is 9.90 Å². The minimum Gasteiger partial charge on any atom is -0.387 e. The molecule has 5 heteroatoms. The highest BCUT2D eigenvalue weighted by Gasteiger charge is 2.29. The van der Waals surface area contributed by atoms with Crippen LogP contribution in [-0.2, 0) is 9.53 Å². The van der Waals surface area contributed by atoms with Crippen molar-refractivity contribution in [3.63, 3.8) is 0 Å². The van der Waals surface area contributed by atoms with Crippen molar-refractivity contribution in [3.8, 4) is 0 Å². The lowest BCUT2D eigenvalue weighted by Crippen LogP contribution is -2.40. The zero-order chi connectivity index (χ0) is 15.4. The minimum atomic E-state index is -0.721. The van der Waals surface area contributed by atoms with Crippen molar-refractivity contribution in [2.75, 3.05) is 6.54 Å². The van der Waals surface area contributed by atoms with Gasteiger partial charge in [-0.3, -0.25) is 4.79 Å². The van der Waals surface area contributed by atoms with E-state index in [4.69, 9.17) is 16.3 Å². The maximum Gasteiger partial charge on any atom is 0.223 e. The van der Waals surface area contributed by atoms with Gasteiger partial charge >= 0.3 is 0 Å². The summed E-state index contributed by atoms with van der Waals surface area (Å²) in [5, 5.41) is 13.5. The Hall–Kier alpha value is -1.10. The second-order valence-corrected chi connectivity index (χ2v) is 6.17. The lowest BCUT2D eigenvalue weighted by Gasteiger charge is -2.31. The van der Waals surface area contributed by atoms with Gasteiger partial charge in [0, 0.05) is 17.5 Å². The number of carbonyl (C=O) groups is 1. The van der Waals surface area contributed by atoms with Crippen molar-refractivity contribution < 1.29 is 14.6 Å². The molecule has 1 amide bonds. The lowest BCUT2D eigenvalue weighted by atomic mass is 9.92. The fraction of sp³-hybridized carbons (Fsp3) is 0.562. The van der Waals surface area contributed by atoms with E-state index in [1.807, 2.05) is 13.8 Å². The van der Waals surface area contributed by atoms with Gasteiger partial charge in [0.2, 0.25) is 5.91 Å². The predicted molar refractivity (Wildman–Crippen MR) is 82.2 cm³/mol. The lowest BCUT2D eigenvalue weighted by molar-refractivity contribution is -0.133. The molecule has 1 saturated heterocycles. The van der Waals surface area contributed by atoms with Crippen molar-refractivity contribution in [1.82, 2.24) is 5.32 Å². The van der Waals surface area contributed by atoms with Crippen molar-refractivity contribution >= 4 is 17.5 Å². The number of ether oxygens (including phenoxy) is 1. The molecule has 1 aromatic carbocycles. The summed E-state index contributed by atoms with van der Waals surface area (Å²) in [5.41, 5.74) is 0.744. The van der Waals surface area contributed by atoms with E-state index >= 15 is 0 Å². The average Bonchev–Trinajstić information content (AvgIpc) is 2.44. The molecule has 1 fully saturated rings. The van der Waals surface area contributed by atoms with Crippen LogP contribution in [0.25, 0.3) is 0 Å². The van der Waals surface area contributed by atoms with E-state index in [-0.39, 0.29) is 30.6 Å². The summed E-state index contributed by atoms with van der Waals surface area (Å²) in [4.78, 5) is 12.2. The van der Waals surface area contributed by atoms with Gasteiger partial charge in [-0.25, -0.2) is 0 Å². The highest BCUT2D eigenvalue weighted by molar-refractivity contribution is 6.30. The van der Waals surface area contributed by atoms with E-state index in [0.29, 0.717) is 5.02 Å². The van der Waals surface area contributed by atoms with Crippen LogP contribution in [0.4, 0.5) is 0 Å². The maximum absolute atomic E-state index is 12.2. The van der Waals surface area contributed by atoms with Gasteiger partial charge in [0.15, 0.2) is 0 Å². The minimum absolute atomic E-state index is 0.00925. The van der Waals surface area contributed by atoms with Crippen LogP contribution < -0.4 is 5.32 Å². The summed E-state index contributed by atoms with van der Waals surface area (Å²) in [6.07, 6.45) is 0.942. The van der Waals surface area contributed by atoms with Crippen molar-refractivity contribution in [2.45, 2.75) is 45.0 Å². The Bertz CT molecular complexity index is 467. The molecule has 3 unspecified atom stereocenters. The van der Waals surface area contributed by atoms with Gasteiger partial charge in [-0.15, -0.1) is 0 Å². The third kappa shape index (κ3) is 4.70. The van der Waals surface area contributed by atoms with Gasteiger partial charge in [-0.1, -0.05) is 23.7 Å². The van der Waals surface area contributed by atoms with Crippen molar-refractivity contribution in [3.05, 3.63) is 34.9 Å². The smallest absolute Gasteiger partial charge is 0.223 e. The molecule has 0 aromatic heterocycles. The fourth-order valence-electron chi connectivity index (χ4n) is 2.76. The molecule has 1 aromatic rings. The molecule has 116 valence electrons. The molecule has 4 nitrogen and oxygen atoms in total. The molecule has 0 bridgehead atoms. The van der Waals surface area contributed by atoms with Crippen LogP contribution in [0.1, 0.15) is 38.4 Å². The number of halogens is 1. The molecular weight excluding hydrogens is 290 g/mol. The zero-order valence-electron chi connectivity index (χ0n) is 12.4. The summed E-state index contributed by atoms with van der Waals surface area (Å²) in [6.45, 7) is 4.18. The van der Waals surface area contributed by atoms with Gasteiger partial charge < -0.3 is 15.2 Å². The van der Waals surface area contributed by atoms with Gasteiger partial charge in [0.25, 0.3) is 0 Å². The van der Waals surface area contributed by atoms with Crippen LogP contribution in [0.15, 0.2) is 24.3 Å². The van der Waals surface area contributed by atoms with Gasteiger partial charge in [0.1, 0.15) is 0 Å². The standard InChI is InChI=1S/C16H22ClNO3/c1-10-7-13(8-11(2)21-10)16(20)18-9-15(19)12-3-5-14(17)6-4-12/h3-6,10-11,13,15,19H,7-9H2,1-2H3,(H,18,20). The summed E-state index contributed by atoms with van der Waals surface area (Å²) < 4.78 is 5.63. The molecule has 1 heterocycles. The third-order valence-corrected chi connectivity index (χ3v) is 4.04. The molecule has 1 aliphatic rings. The normalized spacial score (nSPS) is 27.1. The first-order valence-corrected chi connectivity index (χ1v) is 7.70. The zero-order valence-corrected chi connectivity index (χ0v) is 13.1. The van der Waals surface area contributed by atoms with E-state index in [2.05, 4.69) is 5.32 Å². The fourth-order valence-corrected chi connectivity index (χ4v) is 2.89. The molecule has 0 radical (unpaired) electrons. The SMILES string of the molecule is CC1CC(C(=O)NCC(O)c2ccc(Cl)cc2)CC(C)O1. The van der Waals surface area contributed by atoms with Crippen LogP contribution in [-0.4, -0.2) is 29.8 Å². The number of aliphatic hydroxyl groups is 1. The van der Waals surface area contributed by atoms with Crippen molar-refractivity contribution in [2.24, 2.45) is 5.92 Å². The first kappa shape index (κ1) is 16.3. The number of hydrogen-bond donors (Lipinski definition) is 2. The third-order valence-electron chi connectivity index (χ3n) is 3.79. The summed E-state index contributed by atoms with van der Waals surface area (Å²) >= 11 is 5.81. The summed E-state index contributed by atoms with van der Waals surface area (Å²) in [5.74, 6) is -0.0498. The van der Waals surface area contributed by atoms with Crippen LogP contribution in [0.3, 0.4) is 0 Å². The van der Waals surface area contributed by atoms with Gasteiger partial charge in [0.05, 0.1) is 18.3 Å². The molecule has 0 saturated carbocycles. The van der Waals surface area contributed by atoms with E-state index < -0.39 is 6.10 Å². The highest BCUT2D eigenvalue weighted by Crippen LogP contribution is 2.25. The molecule has 3 atom stereocenters. The second-order valence-electron chi connectivity index (χ2n) is 5.74. The molecule has 21 heavy (non-hydrogen) atoms. The average molecular weight is 312 g/mol. The Labute approximate surface area is 130 Å². The van der Waals surface area contributed by atoms with E-state index in [1.54, 1.807) is 24.3 Å². The highest BCUT2D eigenvalue weighted by atomic mass is 35.5. The number of aliphatic hydroxyl groups excluding tert-OH is 1. The topological polar surface area (TPSA) is 58.6 Å². The number of hydrogen-bond acceptors (Lipinski definition) is 3. The Morgan fingerprint density at radius 3 is 2.48 bits per heavy atom. The van der Waals surface area contributed by atoms with Crippen LogP contribution in [0, 0.1) is 5.92 Å². The molecule has 2 rings (SSSR count). The Kier molecular flexibility index (Phi) is 5.62. The summed E-state index contributed by atoms with van der Waals surface area (Å²) in [7, 11) is 0. The van der Waals surface area contributed by atoms with Gasteiger partial charge in [-0.05, 0) is 44.4 Å². The van der Waals surface area contributed by atoms with Gasteiger partial charge in [-0.2, -0.15) is 0 Å². The van der Waals surface area contributed by atoms with E-state index in [1.165, 1.54) is 0 Å². The number of amides is 1. The number of nitrogens with one attached hydrogen (secondary N) is 1. The number of carbonyl (C=O) groups excluding carboxylic acids is 1. The molecule has 0 aliphatic carbocycles. The number of benzene rings is 1. The second kappa shape index (κ2) is 7.25. The first-order valence-electron chi connectivity index (χ1n) is 7.32.